The molecule has 2 rings (SSSR count). The molecule has 95 valence electrons. The summed E-state index contributed by atoms with van der Waals surface area (Å²) < 4.78 is 0. The third-order valence-corrected chi connectivity index (χ3v) is 2.75. The number of aliphatic imine (C=N–C) groups is 1. The van der Waals surface area contributed by atoms with E-state index in [2.05, 4.69) is 4.99 Å². The maximum Gasteiger partial charge on any atom is 1.00 e. The zero-order valence-electron chi connectivity index (χ0n) is 10.1. The van der Waals surface area contributed by atoms with Gasteiger partial charge in [-0.15, -0.1) is 0 Å². The Morgan fingerprint density at radius 3 is 2.11 bits per heavy atom. The molecule has 18 heavy (non-hydrogen) atoms. The maximum atomic E-state index is 7.92. The first-order valence-electron chi connectivity index (χ1n) is 5.11. The van der Waals surface area contributed by atoms with Gasteiger partial charge in [-0.1, -0.05) is 30.3 Å². The fraction of sp³-hybridized carbons (Fsp3) is 0.154. The van der Waals surface area contributed by atoms with Gasteiger partial charge in [-0.2, -0.15) is 0 Å². The molecule has 1 aliphatic rings. The summed E-state index contributed by atoms with van der Waals surface area (Å²) in [6.07, 6.45) is 0. The molecule has 0 unspecified atom stereocenters. The van der Waals surface area contributed by atoms with Crippen LogP contribution in [0.5, 0.6) is 0 Å². The van der Waals surface area contributed by atoms with E-state index in [-0.39, 0.29) is 41.0 Å². The number of hydrogen-bond acceptors (Lipinski definition) is 2. The van der Waals surface area contributed by atoms with Crippen LogP contribution in [-0.2, 0) is 17.1 Å². The normalized spacial score (nSPS) is 14.7. The molecular formula is C13H13ClFeN3. The predicted molar refractivity (Wildman–Crippen MR) is 67.6 cm³/mol. The van der Waals surface area contributed by atoms with Crippen LogP contribution in [0.25, 0.3) is 5.57 Å². The van der Waals surface area contributed by atoms with E-state index < -0.39 is 0 Å². The topological polar surface area (TPSA) is 60.1 Å². The molecule has 0 fully saturated rings. The van der Waals surface area contributed by atoms with Gasteiger partial charge < -0.3 is 12.4 Å². The molecule has 1 radical (unpaired) electrons. The molecule has 0 saturated heterocycles. The van der Waals surface area contributed by atoms with Gasteiger partial charge in [-0.3, -0.25) is 10.8 Å². The molecule has 0 amide bonds. The average Bonchev–Trinajstić information content (AvgIpc) is 2.28. The van der Waals surface area contributed by atoms with Gasteiger partial charge in [-0.05, 0) is 25.0 Å². The van der Waals surface area contributed by atoms with Crippen molar-refractivity contribution in [3.8, 4) is 0 Å². The first kappa shape index (κ1) is 16.8. The van der Waals surface area contributed by atoms with Gasteiger partial charge in [0.2, 0.25) is 0 Å². The fourth-order valence-electron chi connectivity index (χ4n) is 1.76. The van der Waals surface area contributed by atoms with Crippen molar-refractivity contribution in [3.63, 3.8) is 0 Å². The number of hydrogen-bond donors (Lipinski definition) is 2. The molecule has 0 bridgehead atoms. The third-order valence-electron chi connectivity index (χ3n) is 2.75. The van der Waals surface area contributed by atoms with Crippen LogP contribution < -0.4 is 12.4 Å². The molecule has 1 aliphatic heterocycles. The van der Waals surface area contributed by atoms with Crippen molar-refractivity contribution in [2.45, 2.75) is 13.8 Å². The smallest absolute Gasteiger partial charge is 1.00 e. The molecule has 2 N–H and O–H groups in total. The number of nitrogens with one attached hydrogen (secondary N) is 2. The Balaban J connectivity index is 0.00000144. The molecule has 1 aromatic rings. The number of amidine groups is 1. The molecule has 5 heteroatoms. The second-order valence-electron chi connectivity index (χ2n) is 3.79. The second kappa shape index (κ2) is 6.64. The van der Waals surface area contributed by atoms with Gasteiger partial charge in [0.05, 0.1) is 0 Å². The van der Waals surface area contributed by atoms with Crippen molar-refractivity contribution in [3.05, 3.63) is 41.5 Å². The summed E-state index contributed by atoms with van der Waals surface area (Å²) >= 11 is 0. The number of nitrogens with zero attached hydrogens (tertiary/aromatic N) is 1. The average molecular weight is 303 g/mol. The van der Waals surface area contributed by atoms with E-state index in [1.807, 2.05) is 44.2 Å². The summed E-state index contributed by atoms with van der Waals surface area (Å²) in [6.45, 7) is 3.82. The number of halogens is 1. The molecular weight excluding hydrogens is 289 g/mol. The molecule has 1 aromatic carbocycles. The Morgan fingerprint density at radius 2 is 1.56 bits per heavy atom. The maximum absolute atomic E-state index is 7.92. The Labute approximate surface area is 123 Å². The van der Waals surface area contributed by atoms with E-state index >= 15 is 0 Å². The molecule has 0 saturated carbocycles. The van der Waals surface area contributed by atoms with Gasteiger partial charge in [0, 0.05) is 11.3 Å². The number of benzene rings is 1. The number of dihydropyridines is 1. The van der Waals surface area contributed by atoms with Crippen LogP contribution in [0, 0.1) is 10.8 Å². The largest absolute Gasteiger partial charge is 1.00 e. The van der Waals surface area contributed by atoms with Crippen LogP contribution >= 0.6 is 0 Å². The monoisotopic (exact) mass is 302 g/mol. The third kappa shape index (κ3) is 2.96. The van der Waals surface area contributed by atoms with E-state index in [0.717, 1.165) is 22.4 Å². The quantitative estimate of drug-likeness (QED) is 0.683. The van der Waals surface area contributed by atoms with Crippen molar-refractivity contribution >= 4 is 22.8 Å². The zero-order valence-corrected chi connectivity index (χ0v) is 11.9. The molecule has 1 heterocycles. The number of allylic oxidation sites excluding steroid dienone is 1. The van der Waals surface area contributed by atoms with E-state index in [1.165, 1.54) is 0 Å². The van der Waals surface area contributed by atoms with Crippen LogP contribution in [0.1, 0.15) is 19.4 Å². The van der Waals surface area contributed by atoms with Gasteiger partial charge in [0.25, 0.3) is 0 Å². The Morgan fingerprint density at radius 1 is 1.00 bits per heavy atom. The van der Waals surface area contributed by atoms with Crippen LogP contribution in [0.2, 0.25) is 0 Å². The van der Waals surface area contributed by atoms with Gasteiger partial charge in [0.1, 0.15) is 5.71 Å². The fourth-order valence-corrected chi connectivity index (χ4v) is 1.76. The summed E-state index contributed by atoms with van der Waals surface area (Å²) in [5.41, 5.74) is 3.79. The van der Waals surface area contributed by atoms with Gasteiger partial charge in [0.15, 0.2) is 5.84 Å². The summed E-state index contributed by atoms with van der Waals surface area (Å²) in [6, 6.07) is 9.73. The van der Waals surface area contributed by atoms with E-state index in [4.69, 9.17) is 10.8 Å². The minimum Gasteiger partial charge on any atom is -1.00 e. The molecule has 0 atom stereocenters. The summed E-state index contributed by atoms with van der Waals surface area (Å²) in [5.74, 6) is 0.0435. The van der Waals surface area contributed by atoms with E-state index in [0.29, 0.717) is 0 Å². The van der Waals surface area contributed by atoms with E-state index in [1.54, 1.807) is 0 Å². The predicted octanol–water partition coefficient (Wildman–Crippen LogP) is -0.0669. The SMILES string of the molecule is CC1=NC(=N)C(=N)C(c2ccccc2)=C1C.[Cl-].[Fe+]. The minimum absolute atomic E-state index is 0. The Hall–Kier alpha value is -1.22. The Kier molecular flexibility index (Phi) is 6.19. The molecule has 0 spiro atoms. The van der Waals surface area contributed by atoms with Crippen LogP contribution in [0.4, 0.5) is 0 Å². The number of rotatable bonds is 1. The van der Waals surface area contributed by atoms with Crippen molar-refractivity contribution < 1.29 is 29.5 Å². The van der Waals surface area contributed by atoms with Crippen molar-refractivity contribution in [2.24, 2.45) is 4.99 Å². The van der Waals surface area contributed by atoms with Crippen molar-refractivity contribution in [1.29, 1.82) is 10.8 Å². The van der Waals surface area contributed by atoms with Gasteiger partial charge in [-0.25, -0.2) is 4.99 Å². The molecule has 0 aromatic heterocycles. The zero-order chi connectivity index (χ0) is 11.7. The molecule has 0 aliphatic carbocycles. The van der Waals surface area contributed by atoms with Crippen LogP contribution in [-0.4, -0.2) is 17.3 Å². The second-order valence-corrected chi connectivity index (χ2v) is 3.79. The van der Waals surface area contributed by atoms with Crippen molar-refractivity contribution in [1.82, 2.24) is 0 Å². The summed E-state index contributed by atoms with van der Waals surface area (Å²) in [5, 5.41) is 15.6. The standard InChI is InChI=1S/C13H13N3.ClH.Fe/c1-8-9(2)16-13(15)12(14)11(8)10-6-4-3-5-7-10;;/h3-7,14-15H,1-2H3;1H;/q;;+1/p-1. The molecule has 3 nitrogen and oxygen atoms in total. The minimum atomic E-state index is 0. The first-order chi connectivity index (χ1) is 7.61. The first-order valence-corrected chi connectivity index (χ1v) is 5.11. The van der Waals surface area contributed by atoms with Crippen LogP contribution in [0.15, 0.2) is 40.9 Å². The van der Waals surface area contributed by atoms with Crippen LogP contribution in [0.3, 0.4) is 0 Å². The van der Waals surface area contributed by atoms with E-state index in [9.17, 15) is 0 Å². The Bertz CT molecular complexity index is 532. The summed E-state index contributed by atoms with van der Waals surface area (Å²) in [7, 11) is 0. The summed E-state index contributed by atoms with van der Waals surface area (Å²) in [4.78, 5) is 4.04. The van der Waals surface area contributed by atoms with Gasteiger partial charge >= 0.3 is 17.1 Å². The van der Waals surface area contributed by atoms with Crippen molar-refractivity contribution in [2.75, 3.05) is 0 Å².